The predicted octanol–water partition coefficient (Wildman–Crippen LogP) is 2.05. The number of hydrogen-bond acceptors (Lipinski definition) is 6. The molecule has 0 bridgehead atoms. The molecule has 1 aromatic heterocycles. The largest absolute Gasteiger partial charge is 0.326 e. The van der Waals surface area contributed by atoms with Gasteiger partial charge in [-0.05, 0) is 61.0 Å². The van der Waals surface area contributed by atoms with Gasteiger partial charge < -0.3 is 10.2 Å². The van der Waals surface area contributed by atoms with Gasteiger partial charge in [0.15, 0.2) is 0 Å². The van der Waals surface area contributed by atoms with Crippen molar-refractivity contribution in [2.75, 3.05) is 31.2 Å². The van der Waals surface area contributed by atoms with Crippen LogP contribution in [0.15, 0.2) is 29.4 Å². The Kier molecular flexibility index (Phi) is 5.47. The first-order valence-corrected chi connectivity index (χ1v) is 9.08. The highest BCUT2D eigenvalue weighted by Crippen LogP contribution is 2.25. The summed E-state index contributed by atoms with van der Waals surface area (Å²) in [5.41, 5.74) is 1.58. The van der Waals surface area contributed by atoms with Crippen LogP contribution in [0.1, 0.15) is 19.8 Å². The number of tetrazole rings is 1. The molecule has 0 saturated carbocycles. The first kappa shape index (κ1) is 16.9. The number of amides is 1. The molecule has 7 nitrogen and oxygen atoms in total. The molecule has 0 spiro atoms. The van der Waals surface area contributed by atoms with Gasteiger partial charge in [-0.1, -0.05) is 17.8 Å². The van der Waals surface area contributed by atoms with Gasteiger partial charge >= 0.3 is 0 Å². The minimum atomic E-state index is -0.0973. The lowest BCUT2D eigenvalue weighted by Gasteiger charge is -2.29. The van der Waals surface area contributed by atoms with Crippen molar-refractivity contribution in [1.82, 2.24) is 25.1 Å². The van der Waals surface area contributed by atoms with Crippen LogP contribution >= 0.6 is 11.8 Å². The van der Waals surface area contributed by atoms with E-state index in [0.717, 1.165) is 28.8 Å². The van der Waals surface area contributed by atoms with E-state index in [-0.39, 0.29) is 5.91 Å². The van der Waals surface area contributed by atoms with Crippen molar-refractivity contribution < 1.29 is 4.79 Å². The van der Waals surface area contributed by atoms with Crippen LogP contribution in [-0.2, 0) is 4.79 Å². The minimum absolute atomic E-state index is 0.0973. The Hall–Kier alpha value is -1.93. The van der Waals surface area contributed by atoms with E-state index in [9.17, 15) is 4.79 Å². The van der Waals surface area contributed by atoms with Gasteiger partial charge in [0.1, 0.15) is 0 Å². The molecule has 2 aromatic rings. The first-order chi connectivity index (χ1) is 11.6. The number of likely N-dealkylation sites (tertiary alicyclic amines) is 1. The van der Waals surface area contributed by atoms with Crippen molar-refractivity contribution in [2.24, 2.45) is 5.92 Å². The van der Waals surface area contributed by atoms with Crippen molar-refractivity contribution in [3.8, 4) is 5.69 Å². The second-order valence-electron chi connectivity index (χ2n) is 6.19. The lowest BCUT2D eigenvalue weighted by Crippen LogP contribution is -2.33. The maximum absolute atomic E-state index is 11.2. The standard InChI is InChI=1S/C16H22N6OS/c1-12(23)17-14-6-3-7-15(9-14)22-16(18-19-20-22)24-11-13-5-4-8-21(2)10-13/h3,6-7,9,13H,4-5,8,10-11H2,1-2H3,(H,17,23)/t13-/m0/s1. The van der Waals surface area contributed by atoms with E-state index in [2.05, 4.69) is 32.8 Å². The molecular weight excluding hydrogens is 324 g/mol. The minimum Gasteiger partial charge on any atom is -0.326 e. The summed E-state index contributed by atoms with van der Waals surface area (Å²) in [6, 6.07) is 7.53. The Morgan fingerprint density at radius 1 is 1.46 bits per heavy atom. The first-order valence-electron chi connectivity index (χ1n) is 8.09. The van der Waals surface area contributed by atoms with Crippen LogP contribution < -0.4 is 5.32 Å². The summed E-state index contributed by atoms with van der Waals surface area (Å²) in [6.45, 7) is 3.81. The number of benzene rings is 1. The molecule has 1 saturated heterocycles. The second-order valence-corrected chi connectivity index (χ2v) is 7.17. The zero-order valence-corrected chi connectivity index (χ0v) is 14.8. The topological polar surface area (TPSA) is 75.9 Å². The molecule has 1 aliphatic heterocycles. The number of rotatable bonds is 5. The number of hydrogen-bond donors (Lipinski definition) is 1. The maximum Gasteiger partial charge on any atom is 0.221 e. The monoisotopic (exact) mass is 346 g/mol. The van der Waals surface area contributed by atoms with Crippen LogP contribution in [-0.4, -0.2) is 56.9 Å². The molecule has 1 amide bonds. The Morgan fingerprint density at radius 3 is 3.12 bits per heavy atom. The molecule has 0 radical (unpaired) electrons. The van der Waals surface area contributed by atoms with Crippen LogP contribution in [0.2, 0.25) is 0 Å². The zero-order chi connectivity index (χ0) is 16.9. The number of piperidine rings is 1. The van der Waals surface area contributed by atoms with Crippen LogP contribution in [0.5, 0.6) is 0 Å². The summed E-state index contributed by atoms with van der Waals surface area (Å²) >= 11 is 1.69. The molecule has 0 aliphatic carbocycles. The molecule has 24 heavy (non-hydrogen) atoms. The van der Waals surface area contributed by atoms with E-state index in [4.69, 9.17) is 0 Å². The highest BCUT2D eigenvalue weighted by molar-refractivity contribution is 7.99. The van der Waals surface area contributed by atoms with E-state index in [1.165, 1.54) is 26.3 Å². The summed E-state index contributed by atoms with van der Waals surface area (Å²) in [7, 11) is 2.18. The lowest BCUT2D eigenvalue weighted by molar-refractivity contribution is -0.114. The molecular formula is C16H22N6OS. The fraction of sp³-hybridized carbons (Fsp3) is 0.500. The van der Waals surface area contributed by atoms with Crippen molar-refractivity contribution in [3.63, 3.8) is 0 Å². The molecule has 3 rings (SSSR count). The number of carbonyl (C=O) groups excluding carboxylic acids is 1. The van der Waals surface area contributed by atoms with Gasteiger partial charge in [0.05, 0.1) is 5.69 Å². The summed E-state index contributed by atoms with van der Waals surface area (Å²) in [5, 5.41) is 15.6. The number of carbonyl (C=O) groups is 1. The molecule has 0 unspecified atom stereocenters. The number of aromatic nitrogens is 4. The van der Waals surface area contributed by atoms with Crippen molar-refractivity contribution in [1.29, 1.82) is 0 Å². The van der Waals surface area contributed by atoms with Crippen LogP contribution in [0.25, 0.3) is 5.69 Å². The highest BCUT2D eigenvalue weighted by atomic mass is 32.2. The molecule has 8 heteroatoms. The number of anilines is 1. The average molecular weight is 346 g/mol. The fourth-order valence-electron chi connectivity index (χ4n) is 2.95. The normalized spacial score (nSPS) is 18.5. The number of nitrogens with one attached hydrogen (secondary N) is 1. The van der Waals surface area contributed by atoms with Crippen LogP contribution in [0.4, 0.5) is 5.69 Å². The van der Waals surface area contributed by atoms with Crippen LogP contribution in [0.3, 0.4) is 0 Å². The second kappa shape index (κ2) is 7.76. The summed E-state index contributed by atoms with van der Waals surface area (Å²) < 4.78 is 1.72. The third kappa shape index (κ3) is 4.33. The number of thioether (sulfide) groups is 1. The summed E-state index contributed by atoms with van der Waals surface area (Å²) in [5.74, 6) is 1.58. The van der Waals surface area contributed by atoms with Crippen LogP contribution in [0, 0.1) is 5.92 Å². The quantitative estimate of drug-likeness (QED) is 0.835. The van der Waals surface area contributed by atoms with E-state index in [1.807, 2.05) is 24.3 Å². The van der Waals surface area contributed by atoms with E-state index in [1.54, 1.807) is 16.4 Å². The summed E-state index contributed by atoms with van der Waals surface area (Å²) in [4.78, 5) is 13.6. The molecule has 1 N–H and O–H groups in total. The molecule has 2 heterocycles. The third-order valence-corrected chi connectivity index (χ3v) is 5.17. The molecule has 1 aromatic carbocycles. The van der Waals surface area contributed by atoms with Gasteiger partial charge in [-0.25, -0.2) is 0 Å². The van der Waals surface area contributed by atoms with Gasteiger partial charge in [-0.3, -0.25) is 4.79 Å². The van der Waals surface area contributed by atoms with E-state index < -0.39 is 0 Å². The molecule has 1 atom stereocenters. The maximum atomic E-state index is 11.2. The summed E-state index contributed by atoms with van der Waals surface area (Å²) in [6.07, 6.45) is 2.52. The Labute approximate surface area is 145 Å². The number of nitrogens with zero attached hydrogens (tertiary/aromatic N) is 5. The van der Waals surface area contributed by atoms with E-state index in [0.29, 0.717) is 5.92 Å². The Balaban J connectivity index is 1.69. The van der Waals surface area contributed by atoms with Gasteiger partial charge in [-0.15, -0.1) is 5.10 Å². The zero-order valence-electron chi connectivity index (χ0n) is 14.0. The molecule has 128 valence electrons. The Morgan fingerprint density at radius 2 is 2.33 bits per heavy atom. The Bertz CT molecular complexity index is 703. The van der Waals surface area contributed by atoms with Crippen molar-refractivity contribution in [3.05, 3.63) is 24.3 Å². The predicted molar refractivity (Wildman–Crippen MR) is 94.4 cm³/mol. The van der Waals surface area contributed by atoms with Gasteiger partial charge in [0.25, 0.3) is 0 Å². The fourth-order valence-corrected chi connectivity index (χ4v) is 3.97. The third-order valence-electron chi connectivity index (χ3n) is 4.02. The van der Waals surface area contributed by atoms with Gasteiger partial charge in [0, 0.05) is 24.9 Å². The average Bonchev–Trinajstić information content (AvgIpc) is 3.01. The van der Waals surface area contributed by atoms with E-state index >= 15 is 0 Å². The smallest absolute Gasteiger partial charge is 0.221 e. The van der Waals surface area contributed by atoms with Gasteiger partial charge in [-0.2, -0.15) is 4.68 Å². The highest BCUT2D eigenvalue weighted by Gasteiger charge is 2.19. The van der Waals surface area contributed by atoms with Crippen molar-refractivity contribution in [2.45, 2.75) is 24.9 Å². The van der Waals surface area contributed by atoms with Gasteiger partial charge in [0.2, 0.25) is 11.1 Å². The molecule has 1 fully saturated rings. The lowest BCUT2D eigenvalue weighted by atomic mass is 10.0. The molecule has 1 aliphatic rings. The SMILES string of the molecule is CC(=O)Nc1cccc(-n2nnnc2SC[C@H]2CCCN(C)C2)c1. The van der Waals surface area contributed by atoms with Crippen molar-refractivity contribution >= 4 is 23.4 Å².